The number of nitrogens with one attached hydrogen (secondary N) is 1. The second kappa shape index (κ2) is 6.64. The van der Waals surface area contributed by atoms with E-state index < -0.39 is 23.9 Å². The molecule has 0 aromatic carbocycles. The highest BCUT2D eigenvalue weighted by atomic mass is 32.2. The molecule has 0 radical (unpaired) electrons. The lowest BCUT2D eigenvalue weighted by molar-refractivity contribution is -0.137. The largest absolute Gasteiger partial charge is 0.405 e. The first-order chi connectivity index (χ1) is 11.7. The average molecular weight is 391 g/mol. The number of fused-ring (bicyclic) bond motifs is 3. The molecule has 3 rings (SSSR count). The zero-order valence-corrected chi connectivity index (χ0v) is 15.2. The standard InChI is InChI=1S/C15H16F3N3O2S2/c1-7(11(22)19-6-15(16,17)18)24-14-20-12-10(13(23)21(14)2)8-4-3-5-9(8)25-12/h7H,3-6H2,1-2H3,(H,19,22). The number of aromatic nitrogens is 2. The summed E-state index contributed by atoms with van der Waals surface area (Å²) in [5, 5.41) is 2.01. The van der Waals surface area contributed by atoms with Crippen molar-refractivity contribution >= 4 is 39.2 Å². The number of thioether (sulfide) groups is 1. The molecule has 1 N–H and O–H groups in total. The van der Waals surface area contributed by atoms with Crippen molar-refractivity contribution in [3.8, 4) is 0 Å². The first-order valence-corrected chi connectivity index (χ1v) is 9.39. The Morgan fingerprint density at radius 2 is 2.16 bits per heavy atom. The van der Waals surface area contributed by atoms with Crippen molar-refractivity contribution in [2.24, 2.45) is 7.05 Å². The van der Waals surface area contributed by atoms with Gasteiger partial charge in [0.2, 0.25) is 5.91 Å². The van der Waals surface area contributed by atoms with Gasteiger partial charge in [-0.3, -0.25) is 14.2 Å². The summed E-state index contributed by atoms with van der Waals surface area (Å²) < 4.78 is 38.0. The molecule has 0 fully saturated rings. The molecular formula is C15H16F3N3O2S2. The third-order valence-corrected chi connectivity index (χ3v) is 6.35. The fourth-order valence-corrected chi connectivity index (χ4v) is 4.95. The molecule has 1 atom stereocenters. The monoisotopic (exact) mass is 391 g/mol. The van der Waals surface area contributed by atoms with Crippen LogP contribution in [0.2, 0.25) is 0 Å². The van der Waals surface area contributed by atoms with Crippen molar-refractivity contribution in [3.63, 3.8) is 0 Å². The normalized spacial score (nSPS) is 15.4. The van der Waals surface area contributed by atoms with Crippen LogP contribution in [0, 0.1) is 0 Å². The van der Waals surface area contributed by atoms with Gasteiger partial charge in [0.1, 0.15) is 11.4 Å². The first kappa shape index (κ1) is 18.2. The van der Waals surface area contributed by atoms with Crippen LogP contribution in [0.5, 0.6) is 0 Å². The number of nitrogens with zero attached hydrogens (tertiary/aromatic N) is 2. The van der Waals surface area contributed by atoms with Crippen molar-refractivity contribution in [3.05, 3.63) is 20.8 Å². The molecule has 0 saturated heterocycles. The number of aryl methyl sites for hydroxylation is 2. The summed E-state index contributed by atoms with van der Waals surface area (Å²) in [6, 6.07) is 0. The van der Waals surface area contributed by atoms with E-state index in [2.05, 4.69) is 4.98 Å². The Kier molecular flexibility index (Phi) is 4.84. The summed E-state index contributed by atoms with van der Waals surface area (Å²) in [5.41, 5.74) is 0.899. The van der Waals surface area contributed by atoms with Crippen LogP contribution < -0.4 is 10.9 Å². The second-order valence-electron chi connectivity index (χ2n) is 5.89. The van der Waals surface area contributed by atoms with Crippen molar-refractivity contribution in [1.82, 2.24) is 14.9 Å². The van der Waals surface area contributed by atoms with Gasteiger partial charge in [-0.05, 0) is 31.7 Å². The van der Waals surface area contributed by atoms with Gasteiger partial charge in [0, 0.05) is 11.9 Å². The fraction of sp³-hybridized carbons (Fsp3) is 0.533. The van der Waals surface area contributed by atoms with Gasteiger partial charge in [-0.2, -0.15) is 13.2 Å². The number of carbonyl (C=O) groups is 1. The van der Waals surface area contributed by atoms with Crippen LogP contribution >= 0.6 is 23.1 Å². The van der Waals surface area contributed by atoms with Crippen LogP contribution in [-0.2, 0) is 24.7 Å². The molecule has 0 spiro atoms. The van der Waals surface area contributed by atoms with E-state index in [0.29, 0.717) is 15.4 Å². The first-order valence-electron chi connectivity index (χ1n) is 7.70. The molecule has 0 saturated carbocycles. The summed E-state index contributed by atoms with van der Waals surface area (Å²) in [4.78, 5) is 30.8. The molecule has 1 amide bonds. The minimum atomic E-state index is -4.46. The van der Waals surface area contributed by atoms with E-state index in [1.54, 1.807) is 7.05 Å². The molecule has 136 valence electrons. The van der Waals surface area contributed by atoms with Crippen molar-refractivity contribution in [2.75, 3.05) is 6.54 Å². The van der Waals surface area contributed by atoms with Gasteiger partial charge >= 0.3 is 6.18 Å². The van der Waals surface area contributed by atoms with E-state index in [0.717, 1.165) is 36.6 Å². The van der Waals surface area contributed by atoms with Gasteiger partial charge in [-0.1, -0.05) is 11.8 Å². The molecule has 0 bridgehead atoms. The minimum Gasteiger partial charge on any atom is -0.346 e. The maximum absolute atomic E-state index is 12.6. The average Bonchev–Trinajstić information content (AvgIpc) is 3.09. The van der Waals surface area contributed by atoms with Crippen LogP contribution in [-0.4, -0.2) is 33.4 Å². The second-order valence-corrected chi connectivity index (χ2v) is 8.28. The van der Waals surface area contributed by atoms with Crippen LogP contribution in [0.4, 0.5) is 13.2 Å². The number of halogens is 3. The predicted molar refractivity (Wildman–Crippen MR) is 91.3 cm³/mol. The molecule has 2 heterocycles. The third kappa shape index (κ3) is 3.69. The quantitative estimate of drug-likeness (QED) is 0.643. The maximum Gasteiger partial charge on any atom is 0.405 e. The Morgan fingerprint density at radius 1 is 1.44 bits per heavy atom. The van der Waals surface area contributed by atoms with E-state index in [9.17, 15) is 22.8 Å². The zero-order chi connectivity index (χ0) is 18.4. The third-order valence-electron chi connectivity index (χ3n) is 4.02. The van der Waals surface area contributed by atoms with Crippen molar-refractivity contribution in [1.29, 1.82) is 0 Å². The summed E-state index contributed by atoms with van der Waals surface area (Å²) >= 11 is 2.46. The summed E-state index contributed by atoms with van der Waals surface area (Å²) in [6.07, 6.45) is -1.61. The van der Waals surface area contributed by atoms with E-state index in [4.69, 9.17) is 0 Å². The highest BCUT2D eigenvalue weighted by Gasteiger charge is 2.29. The smallest absolute Gasteiger partial charge is 0.346 e. The van der Waals surface area contributed by atoms with Crippen LogP contribution in [0.3, 0.4) is 0 Å². The van der Waals surface area contributed by atoms with Crippen LogP contribution in [0.1, 0.15) is 23.8 Å². The SMILES string of the molecule is CC(Sc1nc2sc3c(c2c(=O)n1C)CCC3)C(=O)NCC(F)(F)F. The van der Waals surface area contributed by atoms with E-state index in [1.165, 1.54) is 27.7 Å². The molecule has 1 aliphatic rings. The highest BCUT2D eigenvalue weighted by Crippen LogP contribution is 2.35. The molecule has 5 nitrogen and oxygen atoms in total. The molecule has 25 heavy (non-hydrogen) atoms. The number of carbonyl (C=O) groups excluding carboxylic acids is 1. The summed E-state index contributed by atoms with van der Waals surface area (Å²) in [6.45, 7) is 0.112. The molecule has 2 aromatic heterocycles. The van der Waals surface area contributed by atoms with Gasteiger partial charge < -0.3 is 5.32 Å². The number of rotatable bonds is 4. The number of thiophene rings is 1. The lowest BCUT2D eigenvalue weighted by Crippen LogP contribution is -2.38. The van der Waals surface area contributed by atoms with Crippen molar-refractivity contribution < 1.29 is 18.0 Å². The van der Waals surface area contributed by atoms with Gasteiger partial charge in [0.15, 0.2) is 5.16 Å². The Bertz CT molecular complexity index is 889. The highest BCUT2D eigenvalue weighted by molar-refractivity contribution is 8.00. The zero-order valence-electron chi connectivity index (χ0n) is 13.6. The number of amides is 1. The lowest BCUT2D eigenvalue weighted by atomic mass is 10.2. The Balaban J connectivity index is 1.83. The molecule has 1 aliphatic carbocycles. The maximum atomic E-state index is 12.6. The number of alkyl halides is 3. The Morgan fingerprint density at radius 3 is 2.84 bits per heavy atom. The minimum absolute atomic E-state index is 0.171. The van der Waals surface area contributed by atoms with Crippen LogP contribution in [0.25, 0.3) is 10.2 Å². The predicted octanol–water partition coefficient (Wildman–Crippen LogP) is 2.64. The van der Waals surface area contributed by atoms with E-state index >= 15 is 0 Å². The van der Waals surface area contributed by atoms with Crippen LogP contribution in [0.15, 0.2) is 9.95 Å². The van der Waals surface area contributed by atoms with E-state index in [-0.39, 0.29) is 5.56 Å². The number of hydrogen-bond acceptors (Lipinski definition) is 5. The molecule has 10 heteroatoms. The summed E-state index contributed by atoms with van der Waals surface area (Å²) in [5.74, 6) is -0.745. The molecule has 2 aromatic rings. The van der Waals surface area contributed by atoms with E-state index in [1.807, 2.05) is 5.32 Å². The lowest BCUT2D eigenvalue weighted by Gasteiger charge is -2.14. The molecule has 0 aliphatic heterocycles. The molecule has 1 unspecified atom stereocenters. The van der Waals surface area contributed by atoms with Gasteiger partial charge in [0.25, 0.3) is 5.56 Å². The van der Waals surface area contributed by atoms with Gasteiger partial charge in [-0.15, -0.1) is 11.3 Å². The van der Waals surface area contributed by atoms with Gasteiger partial charge in [-0.25, -0.2) is 4.98 Å². The Hall–Kier alpha value is -1.55. The molecular weight excluding hydrogens is 375 g/mol. The number of hydrogen-bond donors (Lipinski definition) is 1. The van der Waals surface area contributed by atoms with Gasteiger partial charge in [0.05, 0.1) is 10.6 Å². The fourth-order valence-electron chi connectivity index (χ4n) is 2.75. The Labute approximate surface area is 149 Å². The summed E-state index contributed by atoms with van der Waals surface area (Å²) in [7, 11) is 1.57. The van der Waals surface area contributed by atoms with Crippen molar-refractivity contribution in [2.45, 2.75) is 42.8 Å². The topological polar surface area (TPSA) is 64.0 Å².